The number of esters is 1. The summed E-state index contributed by atoms with van der Waals surface area (Å²) < 4.78 is 28.2. The molecule has 0 heterocycles. The van der Waals surface area contributed by atoms with Gasteiger partial charge in [-0.05, 0) is 17.7 Å². The van der Waals surface area contributed by atoms with E-state index in [9.17, 15) is 13.2 Å². The monoisotopic (exact) mass is 306 g/mol. The zero-order valence-electron chi connectivity index (χ0n) is 8.86. The minimum atomic E-state index is -3.35. The highest BCUT2D eigenvalue weighted by atomic mass is 79.9. The number of carbonyl (C=O) groups is 1. The van der Waals surface area contributed by atoms with Crippen molar-refractivity contribution < 1.29 is 17.9 Å². The van der Waals surface area contributed by atoms with Gasteiger partial charge in [0, 0.05) is 10.7 Å². The van der Waals surface area contributed by atoms with Crippen LogP contribution in [0.3, 0.4) is 0 Å². The van der Waals surface area contributed by atoms with E-state index in [0.717, 1.165) is 6.26 Å². The van der Waals surface area contributed by atoms with Gasteiger partial charge in [0.2, 0.25) is 0 Å². The molecule has 0 fully saturated rings. The van der Waals surface area contributed by atoms with E-state index >= 15 is 0 Å². The van der Waals surface area contributed by atoms with Gasteiger partial charge in [-0.25, -0.2) is 8.42 Å². The molecule has 0 saturated carbocycles. The van der Waals surface area contributed by atoms with E-state index in [1.54, 1.807) is 12.1 Å². The summed E-state index contributed by atoms with van der Waals surface area (Å²) in [7, 11) is -2.08. The summed E-state index contributed by atoms with van der Waals surface area (Å²) in [6, 6.07) is 4.76. The van der Waals surface area contributed by atoms with Gasteiger partial charge in [0.1, 0.15) is 0 Å². The fourth-order valence-corrected chi connectivity index (χ4v) is 2.72. The Morgan fingerprint density at radius 1 is 1.44 bits per heavy atom. The van der Waals surface area contributed by atoms with Crippen LogP contribution in [0, 0.1) is 0 Å². The van der Waals surface area contributed by atoms with Gasteiger partial charge in [0.25, 0.3) is 0 Å². The Kier molecular flexibility index (Phi) is 4.09. The first kappa shape index (κ1) is 13.2. The standard InChI is InChI=1S/C10H11BrO4S/c1-15-10(12)5-7-3-4-8(11)6-9(7)16(2,13)14/h3-4,6H,5H2,1-2H3. The van der Waals surface area contributed by atoms with E-state index in [1.165, 1.54) is 13.2 Å². The predicted molar refractivity (Wildman–Crippen MR) is 63.0 cm³/mol. The summed E-state index contributed by atoms with van der Waals surface area (Å²) in [6.07, 6.45) is 1.06. The van der Waals surface area contributed by atoms with Gasteiger partial charge in [-0.15, -0.1) is 0 Å². The van der Waals surface area contributed by atoms with Gasteiger partial charge in [0.15, 0.2) is 9.84 Å². The second-order valence-electron chi connectivity index (χ2n) is 3.28. The van der Waals surface area contributed by atoms with E-state index in [4.69, 9.17) is 0 Å². The van der Waals surface area contributed by atoms with Crippen LogP contribution in [0.15, 0.2) is 27.6 Å². The molecule has 1 rings (SSSR count). The molecule has 0 aromatic heterocycles. The highest BCUT2D eigenvalue weighted by Crippen LogP contribution is 2.21. The van der Waals surface area contributed by atoms with Crippen LogP contribution in [0.25, 0.3) is 0 Å². The lowest BCUT2D eigenvalue weighted by atomic mass is 10.1. The Labute approximate surface area is 103 Å². The predicted octanol–water partition coefficient (Wildman–Crippen LogP) is 1.57. The first-order valence-electron chi connectivity index (χ1n) is 4.40. The number of hydrogen-bond acceptors (Lipinski definition) is 4. The van der Waals surface area contributed by atoms with Crippen molar-refractivity contribution in [2.24, 2.45) is 0 Å². The summed E-state index contributed by atoms with van der Waals surface area (Å²) in [4.78, 5) is 11.3. The summed E-state index contributed by atoms with van der Waals surface area (Å²) in [5.41, 5.74) is 0.442. The second kappa shape index (κ2) is 4.97. The molecule has 1 aromatic rings. The number of halogens is 1. The number of rotatable bonds is 3. The summed E-state index contributed by atoms with van der Waals surface area (Å²) in [5.74, 6) is -0.466. The molecule has 6 heteroatoms. The molecule has 16 heavy (non-hydrogen) atoms. The topological polar surface area (TPSA) is 60.4 Å². The van der Waals surface area contributed by atoms with E-state index in [1.807, 2.05) is 0 Å². The molecule has 0 radical (unpaired) electrons. The average molecular weight is 307 g/mol. The smallest absolute Gasteiger partial charge is 0.310 e. The highest BCUT2D eigenvalue weighted by molar-refractivity contribution is 9.10. The number of hydrogen-bond donors (Lipinski definition) is 0. The van der Waals surface area contributed by atoms with E-state index in [-0.39, 0.29) is 11.3 Å². The minimum Gasteiger partial charge on any atom is -0.469 e. The fraction of sp³-hybridized carbons (Fsp3) is 0.300. The Bertz CT molecular complexity index is 508. The molecule has 0 aliphatic heterocycles. The molecule has 0 saturated heterocycles. The van der Waals surface area contributed by atoms with Crippen LogP contribution in [0.1, 0.15) is 5.56 Å². The first-order chi connectivity index (χ1) is 7.34. The van der Waals surface area contributed by atoms with Crippen LogP contribution in [0.2, 0.25) is 0 Å². The maximum Gasteiger partial charge on any atom is 0.310 e. The van der Waals surface area contributed by atoms with Crippen molar-refractivity contribution in [1.29, 1.82) is 0 Å². The van der Waals surface area contributed by atoms with E-state index in [2.05, 4.69) is 20.7 Å². The molecule has 0 spiro atoms. The molecular formula is C10H11BrO4S. The molecule has 0 bridgehead atoms. The Morgan fingerprint density at radius 2 is 2.06 bits per heavy atom. The molecule has 0 aliphatic rings. The van der Waals surface area contributed by atoms with Crippen LogP contribution >= 0.6 is 15.9 Å². The molecular weight excluding hydrogens is 296 g/mol. The molecule has 0 N–H and O–H groups in total. The Morgan fingerprint density at radius 3 is 2.56 bits per heavy atom. The highest BCUT2D eigenvalue weighted by Gasteiger charge is 2.16. The summed E-state index contributed by atoms with van der Waals surface area (Å²) in [5, 5.41) is 0. The zero-order valence-corrected chi connectivity index (χ0v) is 11.3. The van der Waals surface area contributed by atoms with Crippen molar-refractivity contribution in [2.75, 3.05) is 13.4 Å². The van der Waals surface area contributed by atoms with Gasteiger partial charge < -0.3 is 4.74 Å². The molecule has 88 valence electrons. The quantitative estimate of drug-likeness (QED) is 0.795. The third-order valence-electron chi connectivity index (χ3n) is 1.99. The van der Waals surface area contributed by atoms with Gasteiger partial charge in [-0.3, -0.25) is 4.79 Å². The molecule has 0 atom stereocenters. The maximum absolute atomic E-state index is 11.5. The SMILES string of the molecule is COC(=O)Cc1ccc(Br)cc1S(C)(=O)=O. The van der Waals surface area contributed by atoms with E-state index < -0.39 is 15.8 Å². The molecule has 1 aromatic carbocycles. The Balaban J connectivity index is 3.24. The lowest BCUT2D eigenvalue weighted by Gasteiger charge is -2.07. The van der Waals surface area contributed by atoms with Crippen molar-refractivity contribution in [3.63, 3.8) is 0 Å². The number of carbonyl (C=O) groups excluding carboxylic acids is 1. The number of benzene rings is 1. The van der Waals surface area contributed by atoms with Crippen LogP contribution in [-0.4, -0.2) is 27.8 Å². The van der Waals surface area contributed by atoms with Gasteiger partial charge in [-0.1, -0.05) is 22.0 Å². The van der Waals surface area contributed by atoms with Gasteiger partial charge in [0.05, 0.1) is 18.4 Å². The number of ether oxygens (including phenoxy) is 1. The van der Waals surface area contributed by atoms with Crippen molar-refractivity contribution in [2.45, 2.75) is 11.3 Å². The third kappa shape index (κ3) is 3.31. The first-order valence-corrected chi connectivity index (χ1v) is 7.08. The fourth-order valence-electron chi connectivity index (χ4n) is 1.25. The Hall–Kier alpha value is -0.880. The minimum absolute atomic E-state index is 0.0494. The lowest BCUT2D eigenvalue weighted by Crippen LogP contribution is -2.09. The normalized spacial score (nSPS) is 11.2. The van der Waals surface area contributed by atoms with Crippen molar-refractivity contribution in [1.82, 2.24) is 0 Å². The maximum atomic E-state index is 11.5. The molecule has 4 nitrogen and oxygen atoms in total. The average Bonchev–Trinajstić information content (AvgIpc) is 2.19. The van der Waals surface area contributed by atoms with E-state index in [0.29, 0.717) is 10.0 Å². The summed E-state index contributed by atoms with van der Waals surface area (Å²) in [6.45, 7) is 0. The van der Waals surface area contributed by atoms with Crippen LogP contribution in [0.4, 0.5) is 0 Å². The van der Waals surface area contributed by atoms with Gasteiger partial charge >= 0.3 is 5.97 Å². The van der Waals surface area contributed by atoms with Crippen molar-refractivity contribution in [3.8, 4) is 0 Å². The number of sulfone groups is 1. The second-order valence-corrected chi connectivity index (χ2v) is 6.18. The van der Waals surface area contributed by atoms with Crippen LogP contribution in [0.5, 0.6) is 0 Å². The van der Waals surface area contributed by atoms with Crippen LogP contribution < -0.4 is 0 Å². The van der Waals surface area contributed by atoms with Crippen LogP contribution in [-0.2, 0) is 25.8 Å². The number of methoxy groups -OCH3 is 1. The summed E-state index contributed by atoms with van der Waals surface area (Å²) >= 11 is 3.19. The van der Waals surface area contributed by atoms with Crippen molar-refractivity contribution in [3.05, 3.63) is 28.2 Å². The van der Waals surface area contributed by atoms with Crippen molar-refractivity contribution >= 4 is 31.7 Å². The molecule has 0 amide bonds. The van der Waals surface area contributed by atoms with Gasteiger partial charge in [-0.2, -0.15) is 0 Å². The lowest BCUT2D eigenvalue weighted by molar-refractivity contribution is -0.139. The third-order valence-corrected chi connectivity index (χ3v) is 3.66. The zero-order chi connectivity index (χ0) is 12.3. The molecule has 0 unspecified atom stereocenters. The largest absolute Gasteiger partial charge is 0.469 e. The molecule has 0 aliphatic carbocycles.